The smallest absolute Gasteiger partial charge is 0.321 e. The number of carboxylic acid groups (broad SMARTS) is 1. The molecule has 0 radical (unpaired) electrons. The Balaban J connectivity index is 3.61. The maximum absolute atomic E-state index is 11.5. The predicted octanol–water partition coefficient (Wildman–Crippen LogP) is 1.22. The minimum absolute atomic E-state index is 0.0541. The quantitative estimate of drug-likeness (QED) is 0.522. The van der Waals surface area contributed by atoms with Crippen molar-refractivity contribution in [3.05, 3.63) is 0 Å². The van der Waals surface area contributed by atoms with Crippen molar-refractivity contribution in [1.82, 2.24) is 5.32 Å². The second-order valence-corrected chi connectivity index (χ2v) is 5.45. The molecule has 0 spiro atoms. The number of carbonyl (C=O) groups excluding carboxylic acids is 1. The molecule has 0 aromatic carbocycles. The number of nitrogens with one attached hydrogen (secondary N) is 1. The second kappa shape index (κ2) is 10.2. The topological polar surface area (TPSA) is 92.4 Å². The Hall–Kier alpha value is -0.750. The maximum atomic E-state index is 11.5. The third-order valence-electron chi connectivity index (χ3n) is 2.50. The third-order valence-corrected chi connectivity index (χ3v) is 3.56. The number of amides is 1. The van der Waals surface area contributed by atoms with Gasteiger partial charge < -0.3 is 16.2 Å². The summed E-state index contributed by atoms with van der Waals surface area (Å²) in [5, 5.41) is 11.5. The third kappa shape index (κ3) is 9.30. The molecule has 0 aliphatic rings. The van der Waals surface area contributed by atoms with Crippen LogP contribution in [0.25, 0.3) is 0 Å². The number of rotatable bonds is 10. The number of carboxylic acids is 1. The lowest BCUT2D eigenvalue weighted by molar-refractivity contribution is -0.138. The summed E-state index contributed by atoms with van der Waals surface area (Å²) in [5.41, 5.74) is 5.33. The van der Waals surface area contributed by atoms with Crippen molar-refractivity contribution in [3.63, 3.8) is 0 Å². The Morgan fingerprint density at radius 1 is 1.39 bits per heavy atom. The minimum atomic E-state index is -1.03. The molecule has 106 valence electrons. The van der Waals surface area contributed by atoms with Crippen molar-refractivity contribution >= 4 is 23.6 Å². The standard InChI is InChI=1S/C12H24N2O3S/c1-3-4-5-6-9(2)14-11(15)8-18-7-10(13)12(16)17/h9-10H,3-8,13H2,1-2H3,(H,14,15)(H,16,17). The van der Waals surface area contributed by atoms with Crippen molar-refractivity contribution in [1.29, 1.82) is 0 Å². The molecule has 2 atom stereocenters. The fourth-order valence-electron chi connectivity index (χ4n) is 1.44. The summed E-state index contributed by atoms with van der Waals surface area (Å²) in [5.74, 6) is -0.566. The Morgan fingerprint density at radius 2 is 2.06 bits per heavy atom. The second-order valence-electron chi connectivity index (χ2n) is 4.42. The molecule has 18 heavy (non-hydrogen) atoms. The van der Waals surface area contributed by atoms with Crippen LogP contribution in [0, 0.1) is 0 Å². The number of hydrogen-bond donors (Lipinski definition) is 3. The van der Waals surface area contributed by atoms with Crippen molar-refractivity contribution in [3.8, 4) is 0 Å². The summed E-state index contributed by atoms with van der Waals surface area (Å²) in [6, 6.07) is -0.720. The molecule has 0 fully saturated rings. The normalized spacial score (nSPS) is 13.9. The van der Waals surface area contributed by atoms with E-state index in [0.717, 1.165) is 12.8 Å². The zero-order valence-corrected chi connectivity index (χ0v) is 12.0. The molecule has 1 amide bonds. The fourth-order valence-corrected chi connectivity index (χ4v) is 2.22. The molecule has 0 saturated carbocycles. The van der Waals surface area contributed by atoms with Crippen molar-refractivity contribution in [2.75, 3.05) is 11.5 Å². The van der Waals surface area contributed by atoms with Gasteiger partial charge in [0.2, 0.25) is 5.91 Å². The molecule has 0 aromatic rings. The van der Waals surface area contributed by atoms with Crippen molar-refractivity contribution < 1.29 is 14.7 Å². The Morgan fingerprint density at radius 3 is 2.61 bits per heavy atom. The molecule has 0 saturated heterocycles. The van der Waals surface area contributed by atoms with Gasteiger partial charge in [0.05, 0.1) is 5.75 Å². The average Bonchev–Trinajstić information content (AvgIpc) is 2.28. The van der Waals surface area contributed by atoms with Crippen LogP contribution in [-0.4, -0.2) is 40.6 Å². The van der Waals surface area contributed by atoms with Crippen LogP contribution in [0.4, 0.5) is 0 Å². The highest BCUT2D eigenvalue weighted by Crippen LogP contribution is 2.05. The average molecular weight is 276 g/mol. The monoisotopic (exact) mass is 276 g/mol. The van der Waals surface area contributed by atoms with Gasteiger partial charge in [-0.2, -0.15) is 0 Å². The molecule has 0 bridgehead atoms. The summed E-state index contributed by atoms with van der Waals surface area (Å²) in [4.78, 5) is 22.0. The van der Waals surface area contributed by atoms with E-state index in [2.05, 4.69) is 12.2 Å². The van der Waals surface area contributed by atoms with E-state index in [1.54, 1.807) is 0 Å². The SMILES string of the molecule is CCCCCC(C)NC(=O)CSCC(N)C(=O)O. The van der Waals surface area contributed by atoms with Gasteiger partial charge in [-0.05, 0) is 13.3 Å². The van der Waals surface area contributed by atoms with Crippen LogP contribution in [0.5, 0.6) is 0 Å². The Kier molecular flexibility index (Phi) is 9.77. The number of unbranched alkanes of at least 4 members (excludes halogenated alkanes) is 2. The summed E-state index contributed by atoms with van der Waals surface area (Å²) in [7, 11) is 0. The highest BCUT2D eigenvalue weighted by molar-refractivity contribution is 8.00. The van der Waals surface area contributed by atoms with Gasteiger partial charge in [0.15, 0.2) is 0 Å². The molecular weight excluding hydrogens is 252 g/mol. The van der Waals surface area contributed by atoms with Gasteiger partial charge >= 0.3 is 5.97 Å². The molecule has 0 heterocycles. The van der Waals surface area contributed by atoms with Gasteiger partial charge in [0.25, 0.3) is 0 Å². The van der Waals surface area contributed by atoms with Crippen molar-refractivity contribution in [2.45, 2.75) is 51.6 Å². The van der Waals surface area contributed by atoms with Gasteiger partial charge in [-0.25, -0.2) is 0 Å². The van der Waals surface area contributed by atoms with Gasteiger partial charge in [-0.3, -0.25) is 9.59 Å². The van der Waals surface area contributed by atoms with Crippen LogP contribution in [0.15, 0.2) is 0 Å². The minimum Gasteiger partial charge on any atom is -0.480 e. The molecule has 2 unspecified atom stereocenters. The molecule has 0 aliphatic heterocycles. The van der Waals surface area contributed by atoms with Crippen LogP contribution >= 0.6 is 11.8 Å². The molecule has 0 aromatic heterocycles. The summed E-state index contributed by atoms with van der Waals surface area (Å²) in [6.45, 7) is 4.13. The molecule has 0 aliphatic carbocycles. The number of hydrogen-bond acceptors (Lipinski definition) is 4. The molecule has 6 heteroatoms. The van der Waals surface area contributed by atoms with E-state index >= 15 is 0 Å². The highest BCUT2D eigenvalue weighted by atomic mass is 32.2. The molecule has 4 N–H and O–H groups in total. The zero-order valence-electron chi connectivity index (χ0n) is 11.1. The first-order valence-electron chi connectivity index (χ1n) is 6.32. The van der Waals surface area contributed by atoms with Crippen LogP contribution in [0.3, 0.4) is 0 Å². The number of nitrogens with two attached hydrogens (primary N) is 1. The van der Waals surface area contributed by atoms with Gasteiger partial charge in [-0.15, -0.1) is 11.8 Å². The molecule has 5 nitrogen and oxygen atoms in total. The van der Waals surface area contributed by atoms with Gasteiger partial charge in [-0.1, -0.05) is 26.2 Å². The first kappa shape index (κ1) is 17.2. The van der Waals surface area contributed by atoms with E-state index < -0.39 is 12.0 Å². The lowest BCUT2D eigenvalue weighted by atomic mass is 10.1. The highest BCUT2D eigenvalue weighted by Gasteiger charge is 2.13. The zero-order chi connectivity index (χ0) is 14.0. The van der Waals surface area contributed by atoms with Crippen LogP contribution < -0.4 is 11.1 Å². The first-order valence-corrected chi connectivity index (χ1v) is 7.48. The Labute approximate surface area is 113 Å². The van der Waals surface area contributed by atoms with E-state index in [4.69, 9.17) is 10.8 Å². The summed E-state index contributed by atoms with van der Waals surface area (Å²) < 4.78 is 0. The van der Waals surface area contributed by atoms with E-state index in [1.807, 2.05) is 6.92 Å². The largest absolute Gasteiger partial charge is 0.480 e. The molecule has 0 rings (SSSR count). The van der Waals surface area contributed by atoms with Crippen LogP contribution in [0.2, 0.25) is 0 Å². The lowest BCUT2D eigenvalue weighted by Gasteiger charge is -2.13. The molecular formula is C12H24N2O3S. The van der Waals surface area contributed by atoms with Crippen molar-refractivity contribution in [2.24, 2.45) is 5.73 Å². The lowest BCUT2D eigenvalue weighted by Crippen LogP contribution is -2.36. The maximum Gasteiger partial charge on any atom is 0.321 e. The predicted molar refractivity (Wildman–Crippen MR) is 74.7 cm³/mol. The van der Waals surface area contributed by atoms with Gasteiger partial charge in [0, 0.05) is 11.8 Å². The number of aliphatic carboxylic acids is 1. The summed E-state index contributed by atoms with van der Waals surface area (Å²) >= 11 is 1.25. The van der Waals surface area contributed by atoms with E-state index in [9.17, 15) is 9.59 Å². The van der Waals surface area contributed by atoms with Crippen LogP contribution in [0.1, 0.15) is 39.5 Å². The first-order chi connectivity index (χ1) is 8.47. The number of thioether (sulfide) groups is 1. The number of carbonyl (C=O) groups is 2. The fraction of sp³-hybridized carbons (Fsp3) is 0.833. The summed E-state index contributed by atoms with van der Waals surface area (Å²) in [6.07, 6.45) is 4.46. The van der Waals surface area contributed by atoms with Gasteiger partial charge in [0.1, 0.15) is 6.04 Å². The van der Waals surface area contributed by atoms with E-state index in [0.29, 0.717) is 0 Å². The van der Waals surface area contributed by atoms with E-state index in [1.165, 1.54) is 24.6 Å². The van der Waals surface area contributed by atoms with E-state index in [-0.39, 0.29) is 23.5 Å². The van der Waals surface area contributed by atoms with Crippen LogP contribution in [-0.2, 0) is 9.59 Å². The Bertz CT molecular complexity index is 262.